The standard InChI is InChI=1S/C13H21N3O3S/c1-10(14)11-5-3-6-12(9-11)16-13(17)15-7-4-8-20(2,18)19/h3,5-6,9-10H,4,7-8,14H2,1-2H3,(H2,15,16,17). The number of nitrogens with two attached hydrogens (primary N) is 1. The molecule has 0 saturated heterocycles. The van der Waals surface area contributed by atoms with E-state index in [4.69, 9.17) is 5.73 Å². The molecule has 20 heavy (non-hydrogen) atoms. The number of urea groups is 1. The number of benzene rings is 1. The zero-order valence-electron chi connectivity index (χ0n) is 11.7. The second-order valence-electron chi connectivity index (χ2n) is 4.78. The molecule has 0 bridgehead atoms. The second kappa shape index (κ2) is 7.25. The fourth-order valence-corrected chi connectivity index (χ4v) is 2.28. The van der Waals surface area contributed by atoms with Crippen molar-refractivity contribution in [2.75, 3.05) is 23.9 Å². The molecule has 6 nitrogen and oxygen atoms in total. The largest absolute Gasteiger partial charge is 0.338 e. The summed E-state index contributed by atoms with van der Waals surface area (Å²) < 4.78 is 21.9. The van der Waals surface area contributed by atoms with Crippen LogP contribution in [0, 0.1) is 0 Å². The first kappa shape index (κ1) is 16.5. The number of anilines is 1. The molecule has 1 aromatic rings. The molecule has 1 atom stereocenters. The van der Waals surface area contributed by atoms with Gasteiger partial charge in [-0.1, -0.05) is 12.1 Å². The molecule has 4 N–H and O–H groups in total. The maximum atomic E-state index is 11.6. The van der Waals surface area contributed by atoms with Gasteiger partial charge in [-0.05, 0) is 31.0 Å². The van der Waals surface area contributed by atoms with E-state index >= 15 is 0 Å². The molecule has 1 rings (SSSR count). The summed E-state index contributed by atoms with van der Waals surface area (Å²) >= 11 is 0. The van der Waals surface area contributed by atoms with Gasteiger partial charge in [-0.25, -0.2) is 13.2 Å². The Labute approximate surface area is 119 Å². The van der Waals surface area contributed by atoms with Crippen LogP contribution in [0.3, 0.4) is 0 Å². The van der Waals surface area contributed by atoms with Gasteiger partial charge < -0.3 is 16.4 Å². The Morgan fingerprint density at radius 1 is 1.40 bits per heavy atom. The lowest BCUT2D eigenvalue weighted by Gasteiger charge is -2.10. The Hall–Kier alpha value is -1.60. The van der Waals surface area contributed by atoms with Gasteiger partial charge in [-0.15, -0.1) is 0 Å². The zero-order chi connectivity index (χ0) is 15.2. The summed E-state index contributed by atoms with van der Waals surface area (Å²) in [4.78, 5) is 11.6. The summed E-state index contributed by atoms with van der Waals surface area (Å²) in [6.45, 7) is 2.18. The summed E-state index contributed by atoms with van der Waals surface area (Å²) in [6.07, 6.45) is 1.57. The van der Waals surface area contributed by atoms with E-state index in [9.17, 15) is 13.2 Å². The molecule has 112 valence electrons. The molecule has 1 unspecified atom stereocenters. The number of amides is 2. The molecule has 0 spiro atoms. The molecule has 0 aromatic heterocycles. The van der Waals surface area contributed by atoms with Crippen LogP contribution in [0.4, 0.5) is 10.5 Å². The van der Waals surface area contributed by atoms with E-state index in [2.05, 4.69) is 10.6 Å². The summed E-state index contributed by atoms with van der Waals surface area (Å²) in [5.41, 5.74) is 7.35. The predicted molar refractivity (Wildman–Crippen MR) is 80.4 cm³/mol. The third-order valence-electron chi connectivity index (χ3n) is 2.65. The van der Waals surface area contributed by atoms with Crippen LogP contribution in [-0.4, -0.2) is 33.0 Å². The molecule has 0 aliphatic carbocycles. The van der Waals surface area contributed by atoms with Crippen LogP contribution in [0.2, 0.25) is 0 Å². The van der Waals surface area contributed by atoms with Crippen molar-refractivity contribution in [3.63, 3.8) is 0 Å². The molecule has 0 fully saturated rings. The van der Waals surface area contributed by atoms with E-state index in [1.54, 1.807) is 12.1 Å². The smallest absolute Gasteiger partial charge is 0.319 e. The Morgan fingerprint density at radius 3 is 2.70 bits per heavy atom. The second-order valence-corrected chi connectivity index (χ2v) is 7.04. The first-order valence-corrected chi connectivity index (χ1v) is 8.42. The van der Waals surface area contributed by atoms with E-state index in [1.807, 2.05) is 19.1 Å². The van der Waals surface area contributed by atoms with Crippen molar-refractivity contribution >= 4 is 21.6 Å². The summed E-state index contributed by atoms with van der Waals surface area (Å²) in [5.74, 6) is 0.0629. The van der Waals surface area contributed by atoms with Crippen LogP contribution < -0.4 is 16.4 Å². The minimum absolute atomic E-state index is 0.0629. The maximum Gasteiger partial charge on any atom is 0.319 e. The lowest BCUT2D eigenvalue weighted by Crippen LogP contribution is -2.30. The number of carbonyl (C=O) groups is 1. The van der Waals surface area contributed by atoms with Crippen LogP contribution in [-0.2, 0) is 9.84 Å². The van der Waals surface area contributed by atoms with Crippen molar-refractivity contribution in [3.05, 3.63) is 29.8 Å². The van der Waals surface area contributed by atoms with E-state index in [1.165, 1.54) is 6.26 Å². The first-order valence-electron chi connectivity index (χ1n) is 6.36. The van der Waals surface area contributed by atoms with E-state index in [0.29, 0.717) is 18.7 Å². The number of rotatable bonds is 6. The number of carbonyl (C=O) groups excluding carboxylic acids is 1. The van der Waals surface area contributed by atoms with Crippen molar-refractivity contribution in [1.82, 2.24) is 5.32 Å². The molecule has 1 aromatic carbocycles. The van der Waals surface area contributed by atoms with E-state index in [-0.39, 0.29) is 17.8 Å². The van der Waals surface area contributed by atoms with Gasteiger partial charge in [0, 0.05) is 24.5 Å². The monoisotopic (exact) mass is 299 g/mol. The van der Waals surface area contributed by atoms with Gasteiger partial charge in [0.05, 0.1) is 5.75 Å². The van der Waals surface area contributed by atoms with Gasteiger partial charge >= 0.3 is 6.03 Å². The lowest BCUT2D eigenvalue weighted by atomic mass is 10.1. The molecule has 0 aliphatic rings. The Morgan fingerprint density at radius 2 is 2.10 bits per heavy atom. The Bertz CT molecular complexity index is 556. The minimum atomic E-state index is -2.98. The first-order chi connectivity index (χ1) is 9.28. The third kappa shape index (κ3) is 6.53. The molecule has 0 heterocycles. The fourth-order valence-electron chi connectivity index (χ4n) is 1.61. The average molecular weight is 299 g/mol. The fraction of sp³-hybridized carbons (Fsp3) is 0.462. The zero-order valence-corrected chi connectivity index (χ0v) is 12.5. The molecule has 0 radical (unpaired) electrons. The van der Waals surface area contributed by atoms with Crippen LogP contribution in [0.25, 0.3) is 0 Å². The summed E-state index contributed by atoms with van der Waals surface area (Å²) in [7, 11) is -2.98. The van der Waals surface area contributed by atoms with E-state index < -0.39 is 9.84 Å². The minimum Gasteiger partial charge on any atom is -0.338 e. The van der Waals surface area contributed by atoms with Gasteiger partial charge in [0.15, 0.2) is 0 Å². The van der Waals surface area contributed by atoms with Gasteiger partial charge in [0.25, 0.3) is 0 Å². The Kier molecular flexibility index (Phi) is 5.97. The number of hydrogen-bond donors (Lipinski definition) is 3. The van der Waals surface area contributed by atoms with Crippen LogP contribution >= 0.6 is 0 Å². The molecule has 7 heteroatoms. The van der Waals surface area contributed by atoms with Gasteiger partial charge in [-0.2, -0.15) is 0 Å². The highest BCUT2D eigenvalue weighted by Gasteiger charge is 2.05. The van der Waals surface area contributed by atoms with Crippen LogP contribution in [0.15, 0.2) is 24.3 Å². The highest BCUT2D eigenvalue weighted by Crippen LogP contribution is 2.15. The normalized spacial score (nSPS) is 12.8. The van der Waals surface area contributed by atoms with Gasteiger partial charge in [0.2, 0.25) is 0 Å². The molecular weight excluding hydrogens is 278 g/mol. The van der Waals surface area contributed by atoms with Crippen molar-refractivity contribution in [1.29, 1.82) is 0 Å². The Balaban J connectivity index is 2.41. The van der Waals surface area contributed by atoms with Crippen molar-refractivity contribution in [2.24, 2.45) is 5.73 Å². The molecule has 0 saturated carbocycles. The number of sulfone groups is 1. The van der Waals surface area contributed by atoms with Crippen LogP contribution in [0.5, 0.6) is 0 Å². The van der Waals surface area contributed by atoms with Crippen molar-refractivity contribution < 1.29 is 13.2 Å². The molecular formula is C13H21N3O3S. The topological polar surface area (TPSA) is 101 Å². The number of nitrogens with one attached hydrogen (secondary N) is 2. The maximum absolute atomic E-state index is 11.6. The predicted octanol–water partition coefficient (Wildman–Crippen LogP) is 1.26. The highest BCUT2D eigenvalue weighted by atomic mass is 32.2. The van der Waals surface area contributed by atoms with Crippen molar-refractivity contribution in [3.8, 4) is 0 Å². The molecule has 0 aliphatic heterocycles. The SMILES string of the molecule is CC(N)c1cccc(NC(=O)NCCCS(C)(=O)=O)c1. The highest BCUT2D eigenvalue weighted by molar-refractivity contribution is 7.90. The van der Waals surface area contributed by atoms with Gasteiger partial charge in [-0.3, -0.25) is 0 Å². The average Bonchev–Trinajstić information content (AvgIpc) is 2.34. The quantitative estimate of drug-likeness (QED) is 0.688. The molecule has 2 amide bonds. The van der Waals surface area contributed by atoms with Crippen LogP contribution in [0.1, 0.15) is 24.9 Å². The van der Waals surface area contributed by atoms with Gasteiger partial charge in [0.1, 0.15) is 9.84 Å². The number of hydrogen-bond acceptors (Lipinski definition) is 4. The lowest BCUT2D eigenvalue weighted by molar-refractivity contribution is 0.252. The summed E-state index contributed by atoms with van der Waals surface area (Å²) in [6, 6.07) is 6.82. The third-order valence-corrected chi connectivity index (χ3v) is 3.68. The van der Waals surface area contributed by atoms with E-state index in [0.717, 1.165) is 5.56 Å². The van der Waals surface area contributed by atoms with Crippen molar-refractivity contribution in [2.45, 2.75) is 19.4 Å². The summed E-state index contributed by atoms with van der Waals surface area (Å²) in [5, 5.41) is 5.29.